The number of halogens is 2. The molecule has 0 unspecified atom stereocenters. The molecule has 0 spiro atoms. The summed E-state index contributed by atoms with van der Waals surface area (Å²) in [7, 11) is 0. The van der Waals surface area contributed by atoms with Crippen LogP contribution < -0.4 is 0 Å². The Bertz CT molecular complexity index is 1070. The van der Waals surface area contributed by atoms with Crippen molar-refractivity contribution in [2.45, 2.75) is 0 Å². The fourth-order valence-corrected chi connectivity index (χ4v) is 2.89. The van der Waals surface area contributed by atoms with Gasteiger partial charge in [-0.2, -0.15) is 4.39 Å². The fraction of sp³-hybridized carbons (Fsp3) is 0. The van der Waals surface area contributed by atoms with Gasteiger partial charge < -0.3 is 0 Å². The van der Waals surface area contributed by atoms with Crippen molar-refractivity contribution in [1.29, 1.82) is 5.41 Å². The molecule has 0 bridgehead atoms. The number of nitro benzene ring substituents is 1. The molecule has 1 aromatic heterocycles. The first-order valence-electron chi connectivity index (χ1n) is 7.66. The summed E-state index contributed by atoms with van der Waals surface area (Å²) in [4.78, 5) is 26.6. The Hall–Kier alpha value is -3.26. The van der Waals surface area contributed by atoms with Crippen LogP contribution in [0.15, 0.2) is 65.3 Å². The number of benzene rings is 2. The molecule has 2 aromatic carbocycles. The molecule has 6 nitrogen and oxygen atoms in total. The average Bonchev–Trinajstić information content (AvgIpc) is 2.67. The van der Waals surface area contributed by atoms with Gasteiger partial charge in [0, 0.05) is 51.1 Å². The first-order chi connectivity index (χ1) is 12.9. The zero-order chi connectivity index (χ0) is 19.6. The van der Waals surface area contributed by atoms with Crippen molar-refractivity contribution in [3.05, 3.63) is 104 Å². The van der Waals surface area contributed by atoms with Crippen molar-refractivity contribution in [3.8, 4) is 0 Å². The molecule has 1 heterocycles. The number of nitrogens with one attached hydrogen (secondary N) is 1. The highest BCUT2D eigenvalue weighted by Gasteiger charge is 2.19. The van der Waals surface area contributed by atoms with Crippen LogP contribution in [0.5, 0.6) is 0 Å². The molecule has 27 heavy (non-hydrogen) atoms. The van der Waals surface area contributed by atoms with Crippen LogP contribution in [0.2, 0.25) is 0 Å². The maximum Gasteiger partial charge on any atom is 0.269 e. The van der Waals surface area contributed by atoms with E-state index in [4.69, 9.17) is 5.41 Å². The lowest BCUT2D eigenvalue weighted by Crippen LogP contribution is -2.12. The van der Waals surface area contributed by atoms with E-state index in [2.05, 4.69) is 20.9 Å². The predicted octanol–water partition coefficient (Wildman–Crippen LogP) is 4.54. The summed E-state index contributed by atoms with van der Waals surface area (Å²) >= 11 is 3.30. The van der Waals surface area contributed by atoms with Gasteiger partial charge in [0.25, 0.3) is 5.69 Å². The van der Waals surface area contributed by atoms with Gasteiger partial charge in [-0.15, -0.1) is 0 Å². The van der Waals surface area contributed by atoms with Crippen LogP contribution in [-0.2, 0) is 0 Å². The van der Waals surface area contributed by atoms with Crippen molar-refractivity contribution >= 4 is 33.1 Å². The van der Waals surface area contributed by atoms with Crippen molar-refractivity contribution in [2.75, 3.05) is 0 Å². The molecule has 0 saturated carbocycles. The molecule has 0 aliphatic heterocycles. The second kappa shape index (κ2) is 7.55. The predicted molar refractivity (Wildman–Crippen MR) is 101 cm³/mol. The minimum atomic E-state index is -0.724. The zero-order valence-corrected chi connectivity index (χ0v) is 15.2. The Kier molecular flexibility index (Phi) is 5.18. The number of aromatic nitrogens is 1. The summed E-state index contributed by atoms with van der Waals surface area (Å²) in [5.41, 5.74) is 0.902. The second-order valence-corrected chi connectivity index (χ2v) is 6.48. The Morgan fingerprint density at radius 2 is 1.74 bits per heavy atom. The van der Waals surface area contributed by atoms with Gasteiger partial charge >= 0.3 is 0 Å². The van der Waals surface area contributed by atoms with E-state index in [0.29, 0.717) is 10.0 Å². The summed E-state index contributed by atoms with van der Waals surface area (Å²) < 4.78 is 14.0. The van der Waals surface area contributed by atoms with Crippen molar-refractivity contribution in [3.63, 3.8) is 0 Å². The number of hydrogen-bond acceptors (Lipinski definition) is 5. The molecule has 8 heteroatoms. The van der Waals surface area contributed by atoms with E-state index in [0.717, 1.165) is 6.07 Å². The van der Waals surface area contributed by atoms with E-state index in [1.165, 1.54) is 36.5 Å². The Morgan fingerprint density at radius 1 is 1.04 bits per heavy atom. The molecule has 3 aromatic rings. The number of hydrogen-bond donors (Lipinski definition) is 1. The topological polar surface area (TPSA) is 97.0 Å². The number of non-ortho nitro benzene ring substituents is 1. The lowest BCUT2D eigenvalue weighted by molar-refractivity contribution is -0.384. The SMILES string of the molecule is N=C(c1ccnc(F)c1)c1ccc(Br)cc1C(=O)c1ccc([N+](=O)[O-])cc1. The maximum atomic E-state index is 13.4. The van der Waals surface area contributed by atoms with Crippen molar-refractivity contribution in [1.82, 2.24) is 4.98 Å². The van der Waals surface area contributed by atoms with Gasteiger partial charge in [0.1, 0.15) is 0 Å². The van der Waals surface area contributed by atoms with Gasteiger partial charge in [0.2, 0.25) is 5.95 Å². The molecule has 134 valence electrons. The molecule has 0 saturated heterocycles. The lowest BCUT2D eigenvalue weighted by Gasteiger charge is -2.11. The van der Waals surface area contributed by atoms with E-state index < -0.39 is 16.7 Å². The van der Waals surface area contributed by atoms with E-state index in [1.807, 2.05) is 0 Å². The van der Waals surface area contributed by atoms with Gasteiger partial charge in [-0.1, -0.05) is 22.0 Å². The normalized spacial score (nSPS) is 10.4. The highest BCUT2D eigenvalue weighted by molar-refractivity contribution is 9.10. The number of nitro groups is 1. The van der Waals surface area contributed by atoms with Gasteiger partial charge in [-0.25, -0.2) is 4.98 Å². The van der Waals surface area contributed by atoms with Crippen molar-refractivity contribution in [2.24, 2.45) is 0 Å². The zero-order valence-electron chi connectivity index (χ0n) is 13.6. The van der Waals surface area contributed by atoms with Crippen LogP contribution >= 0.6 is 15.9 Å². The Balaban J connectivity index is 2.05. The molecular weight excluding hydrogens is 417 g/mol. The number of carbonyl (C=O) groups is 1. The summed E-state index contributed by atoms with van der Waals surface area (Å²) in [5.74, 6) is -1.13. The van der Waals surface area contributed by atoms with E-state index in [9.17, 15) is 19.3 Å². The highest BCUT2D eigenvalue weighted by Crippen LogP contribution is 2.23. The maximum absolute atomic E-state index is 13.4. The van der Waals surface area contributed by atoms with Crippen LogP contribution in [0.1, 0.15) is 27.0 Å². The van der Waals surface area contributed by atoms with Gasteiger partial charge in [0.15, 0.2) is 5.78 Å². The molecular formula is C19H11BrFN3O3. The smallest absolute Gasteiger partial charge is 0.269 e. The van der Waals surface area contributed by atoms with Gasteiger partial charge in [-0.05, 0) is 30.3 Å². The second-order valence-electron chi connectivity index (χ2n) is 5.57. The third-order valence-corrected chi connectivity index (χ3v) is 4.34. The number of ketones is 1. The minimum Gasteiger partial charge on any atom is -0.300 e. The van der Waals surface area contributed by atoms with Crippen LogP contribution in [-0.4, -0.2) is 21.4 Å². The van der Waals surface area contributed by atoms with Crippen LogP contribution in [0.25, 0.3) is 0 Å². The number of rotatable bonds is 5. The lowest BCUT2D eigenvalue weighted by atomic mass is 9.93. The Labute approximate surface area is 161 Å². The summed E-state index contributed by atoms with van der Waals surface area (Å²) in [6, 6.07) is 12.6. The number of carbonyl (C=O) groups excluding carboxylic acids is 1. The quantitative estimate of drug-likeness (QED) is 0.212. The van der Waals surface area contributed by atoms with Gasteiger partial charge in [0.05, 0.1) is 10.6 Å². The summed E-state index contributed by atoms with van der Waals surface area (Å²) in [6.07, 6.45) is 1.25. The molecule has 0 aliphatic carbocycles. The average molecular weight is 428 g/mol. The summed E-state index contributed by atoms with van der Waals surface area (Å²) in [5, 5.41) is 19.1. The Morgan fingerprint density at radius 3 is 2.37 bits per heavy atom. The monoisotopic (exact) mass is 427 g/mol. The first kappa shape index (κ1) is 18.5. The first-order valence-corrected chi connectivity index (χ1v) is 8.45. The van der Waals surface area contributed by atoms with E-state index in [1.54, 1.807) is 18.2 Å². The van der Waals surface area contributed by atoms with E-state index in [-0.39, 0.29) is 28.1 Å². The molecule has 1 N–H and O–H groups in total. The van der Waals surface area contributed by atoms with Crippen LogP contribution in [0.4, 0.5) is 10.1 Å². The number of pyridine rings is 1. The highest BCUT2D eigenvalue weighted by atomic mass is 79.9. The minimum absolute atomic E-state index is 0.0333. The molecule has 3 rings (SSSR count). The third-order valence-electron chi connectivity index (χ3n) is 3.85. The fourth-order valence-electron chi connectivity index (χ4n) is 2.53. The molecule has 0 radical (unpaired) electrons. The standard InChI is InChI=1S/C19H11BrFN3O3/c20-13-3-6-15(18(22)12-7-8-23-17(21)9-12)16(10-13)19(25)11-1-4-14(5-2-11)24(26)27/h1-10,22H. The van der Waals surface area contributed by atoms with Crippen LogP contribution in [0.3, 0.4) is 0 Å². The third kappa shape index (κ3) is 3.95. The number of nitrogens with zero attached hydrogens (tertiary/aromatic N) is 2. The molecule has 0 fully saturated rings. The van der Waals surface area contributed by atoms with E-state index >= 15 is 0 Å². The van der Waals surface area contributed by atoms with Crippen molar-refractivity contribution < 1.29 is 14.1 Å². The van der Waals surface area contributed by atoms with Gasteiger partial charge in [-0.3, -0.25) is 20.3 Å². The molecule has 0 aliphatic rings. The largest absolute Gasteiger partial charge is 0.300 e. The molecule has 0 amide bonds. The van der Waals surface area contributed by atoms with Crippen LogP contribution in [0, 0.1) is 21.5 Å². The molecule has 0 atom stereocenters. The summed E-state index contributed by atoms with van der Waals surface area (Å²) in [6.45, 7) is 0.